The van der Waals surface area contributed by atoms with Gasteiger partial charge in [-0.15, -0.1) is 0 Å². The Morgan fingerprint density at radius 2 is 1.54 bits per heavy atom. The van der Waals surface area contributed by atoms with Crippen LogP contribution in [0.25, 0.3) is 0 Å². The first-order valence-corrected chi connectivity index (χ1v) is 7.89. The largest absolute Gasteiger partial charge is 0.341 e. The van der Waals surface area contributed by atoms with E-state index in [2.05, 4.69) is 10.3 Å². The van der Waals surface area contributed by atoms with Gasteiger partial charge in [0.15, 0.2) is 5.78 Å². The summed E-state index contributed by atoms with van der Waals surface area (Å²) in [6.45, 7) is 0. The molecule has 0 bridgehead atoms. The van der Waals surface area contributed by atoms with E-state index in [1.165, 1.54) is 6.20 Å². The van der Waals surface area contributed by atoms with Gasteiger partial charge in [-0.2, -0.15) is 0 Å². The Hall–Kier alpha value is -2.72. The molecule has 120 valence electrons. The summed E-state index contributed by atoms with van der Waals surface area (Å²) in [5.41, 5.74) is 1.89. The number of aliphatic imine (C=N–C) groups is 1. The van der Waals surface area contributed by atoms with E-state index in [-0.39, 0.29) is 29.0 Å². The Bertz CT molecular complexity index is 774. The molecule has 0 spiro atoms. The Morgan fingerprint density at radius 1 is 1.00 bits per heavy atom. The zero-order valence-electron chi connectivity index (χ0n) is 12.8. The van der Waals surface area contributed by atoms with Crippen molar-refractivity contribution in [1.82, 2.24) is 5.32 Å². The maximum absolute atomic E-state index is 12.6. The monoisotopic (exact) mass is 338 g/mol. The molecule has 1 aliphatic heterocycles. The van der Waals surface area contributed by atoms with Gasteiger partial charge in [0, 0.05) is 6.20 Å². The van der Waals surface area contributed by atoms with E-state index < -0.39 is 5.91 Å². The third-order valence-corrected chi connectivity index (χ3v) is 3.96. The summed E-state index contributed by atoms with van der Waals surface area (Å²) in [6, 6.07) is 18.9. The molecule has 3 rings (SSSR count). The average molecular weight is 339 g/mol. The van der Waals surface area contributed by atoms with Gasteiger partial charge in [-0.1, -0.05) is 72.3 Å². The second-order valence-corrected chi connectivity index (χ2v) is 5.81. The number of ketones is 1. The lowest BCUT2D eigenvalue weighted by atomic mass is 9.97. The van der Waals surface area contributed by atoms with Gasteiger partial charge in [-0.3, -0.25) is 9.59 Å². The smallest absolute Gasteiger partial charge is 0.257 e. The maximum atomic E-state index is 12.6. The van der Waals surface area contributed by atoms with Gasteiger partial charge in [0.1, 0.15) is 10.7 Å². The fraction of sp³-hybridized carbons (Fsp3) is 0.105. The van der Waals surface area contributed by atoms with E-state index in [9.17, 15) is 9.59 Å². The SMILES string of the molecule is O=C1CC(Cl)=NC=C1C(=O)NC(c1ccccc1)c1ccccc1. The highest BCUT2D eigenvalue weighted by molar-refractivity contribution is 6.67. The Labute approximate surface area is 144 Å². The molecule has 4 nitrogen and oxygen atoms in total. The van der Waals surface area contributed by atoms with Crippen LogP contribution in [0.15, 0.2) is 77.4 Å². The molecule has 0 radical (unpaired) electrons. The standard InChI is InChI=1S/C19H15ClN2O2/c20-17-11-16(23)15(12-21-17)19(24)22-18(13-7-3-1-4-8-13)14-9-5-2-6-10-14/h1-10,12,18H,11H2,(H,22,24). The highest BCUT2D eigenvalue weighted by Crippen LogP contribution is 2.23. The number of halogens is 1. The summed E-state index contributed by atoms with van der Waals surface area (Å²) in [5, 5.41) is 3.12. The average Bonchev–Trinajstić information content (AvgIpc) is 2.61. The Balaban J connectivity index is 1.90. The normalized spacial score (nSPS) is 14.2. The summed E-state index contributed by atoms with van der Waals surface area (Å²) >= 11 is 5.73. The van der Waals surface area contributed by atoms with E-state index in [1.807, 2.05) is 60.7 Å². The van der Waals surface area contributed by atoms with Gasteiger partial charge >= 0.3 is 0 Å². The predicted octanol–water partition coefficient (Wildman–Crippen LogP) is 3.39. The maximum Gasteiger partial charge on any atom is 0.257 e. The molecule has 0 aliphatic carbocycles. The fourth-order valence-electron chi connectivity index (χ4n) is 2.52. The van der Waals surface area contributed by atoms with Crippen molar-refractivity contribution in [2.75, 3.05) is 0 Å². The van der Waals surface area contributed by atoms with Crippen molar-refractivity contribution in [3.8, 4) is 0 Å². The summed E-state index contributed by atoms with van der Waals surface area (Å²) in [6.07, 6.45) is 1.19. The predicted molar refractivity (Wildman–Crippen MR) is 93.9 cm³/mol. The summed E-state index contributed by atoms with van der Waals surface area (Å²) < 4.78 is 0. The van der Waals surface area contributed by atoms with Crippen LogP contribution in [0.1, 0.15) is 23.6 Å². The molecule has 0 saturated heterocycles. The van der Waals surface area contributed by atoms with E-state index in [0.717, 1.165) is 11.1 Å². The van der Waals surface area contributed by atoms with E-state index >= 15 is 0 Å². The summed E-state index contributed by atoms with van der Waals surface area (Å²) in [4.78, 5) is 28.4. The number of amides is 1. The minimum Gasteiger partial charge on any atom is -0.341 e. The number of nitrogens with one attached hydrogen (secondary N) is 1. The molecule has 2 aromatic carbocycles. The number of nitrogens with zero attached hydrogens (tertiary/aromatic N) is 1. The lowest BCUT2D eigenvalue weighted by Gasteiger charge is -2.21. The van der Waals surface area contributed by atoms with Crippen molar-refractivity contribution in [3.05, 3.63) is 83.6 Å². The molecule has 1 aliphatic rings. The van der Waals surface area contributed by atoms with Crippen molar-refractivity contribution < 1.29 is 9.59 Å². The van der Waals surface area contributed by atoms with Crippen molar-refractivity contribution in [2.45, 2.75) is 12.5 Å². The first-order chi connectivity index (χ1) is 11.6. The molecular weight excluding hydrogens is 324 g/mol. The van der Waals surface area contributed by atoms with Crippen LogP contribution in [0.4, 0.5) is 0 Å². The lowest BCUT2D eigenvalue weighted by Crippen LogP contribution is -2.33. The minimum absolute atomic E-state index is 0.0243. The number of hydrogen-bond acceptors (Lipinski definition) is 3. The number of carbonyl (C=O) groups excluding carboxylic acids is 2. The molecule has 24 heavy (non-hydrogen) atoms. The number of Topliss-reactive ketones (excluding diaryl/α,β-unsaturated/α-hetero) is 1. The zero-order valence-corrected chi connectivity index (χ0v) is 13.5. The van der Waals surface area contributed by atoms with Crippen LogP contribution < -0.4 is 5.32 Å². The number of hydrogen-bond donors (Lipinski definition) is 1. The van der Waals surface area contributed by atoms with Crippen LogP contribution in [0.3, 0.4) is 0 Å². The van der Waals surface area contributed by atoms with E-state index in [1.54, 1.807) is 0 Å². The second kappa shape index (κ2) is 7.23. The number of rotatable bonds is 4. The molecule has 0 fully saturated rings. The second-order valence-electron chi connectivity index (χ2n) is 5.38. The highest BCUT2D eigenvalue weighted by Gasteiger charge is 2.25. The van der Waals surface area contributed by atoms with Gasteiger partial charge in [0.05, 0.1) is 12.5 Å². The number of carbonyl (C=O) groups is 2. The summed E-state index contributed by atoms with van der Waals surface area (Å²) in [7, 11) is 0. The first kappa shape index (κ1) is 16.1. The van der Waals surface area contributed by atoms with Crippen molar-refractivity contribution in [1.29, 1.82) is 0 Å². The molecular formula is C19H15ClN2O2. The van der Waals surface area contributed by atoms with E-state index in [4.69, 9.17) is 11.6 Å². The van der Waals surface area contributed by atoms with E-state index in [0.29, 0.717) is 0 Å². The van der Waals surface area contributed by atoms with Crippen LogP contribution in [-0.2, 0) is 9.59 Å². The van der Waals surface area contributed by atoms with Crippen LogP contribution in [-0.4, -0.2) is 16.9 Å². The quantitative estimate of drug-likeness (QED) is 0.869. The molecule has 2 aromatic rings. The molecule has 0 unspecified atom stereocenters. The molecule has 0 atom stereocenters. The Kier molecular flexibility index (Phi) is 4.87. The summed E-state index contributed by atoms with van der Waals surface area (Å²) in [5.74, 6) is -0.780. The molecule has 5 heteroatoms. The van der Waals surface area contributed by atoms with Gasteiger partial charge in [0.2, 0.25) is 0 Å². The van der Waals surface area contributed by atoms with Gasteiger partial charge in [0.25, 0.3) is 5.91 Å². The fourth-order valence-corrected chi connectivity index (χ4v) is 2.69. The van der Waals surface area contributed by atoms with Gasteiger partial charge in [-0.05, 0) is 11.1 Å². The number of benzene rings is 2. The van der Waals surface area contributed by atoms with Gasteiger partial charge < -0.3 is 5.32 Å². The van der Waals surface area contributed by atoms with Crippen molar-refractivity contribution >= 4 is 28.5 Å². The van der Waals surface area contributed by atoms with Crippen LogP contribution in [0.2, 0.25) is 0 Å². The van der Waals surface area contributed by atoms with Crippen molar-refractivity contribution in [3.63, 3.8) is 0 Å². The van der Waals surface area contributed by atoms with Crippen LogP contribution in [0, 0.1) is 0 Å². The molecule has 1 heterocycles. The third-order valence-electron chi connectivity index (χ3n) is 3.73. The zero-order chi connectivity index (χ0) is 16.9. The molecule has 1 N–H and O–H groups in total. The molecule has 0 saturated carbocycles. The molecule has 1 amide bonds. The first-order valence-electron chi connectivity index (χ1n) is 7.51. The third kappa shape index (κ3) is 3.60. The lowest BCUT2D eigenvalue weighted by molar-refractivity contribution is -0.122. The highest BCUT2D eigenvalue weighted by atomic mass is 35.5. The molecule has 0 aromatic heterocycles. The topological polar surface area (TPSA) is 58.5 Å². The van der Waals surface area contributed by atoms with Crippen molar-refractivity contribution in [2.24, 2.45) is 4.99 Å². The van der Waals surface area contributed by atoms with Crippen LogP contribution >= 0.6 is 11.6 Å². The minimum atomic E-state index is -0.453. The van der Waals surface area contributed by atoms with Crippen LogP contribution in [0.5, 0.6) is 0 Å². The van der Waals surface area contributed by atoms with Gasteiger partial charge in [-0.25, -0.2) is 4.99 Å². The Morgan fingerprint density at radius 3 is 2.04 bits per heavy atom.